The summed E-state index contributed by atoms with van der Waals surface area (Å²) in [6, 6.07) is 16.1. The van der Waals surface area contributed by atoms with Crippen LogP contribution in [0, 0.1) is 0 Å². The second-order valence-electron chi connectivity index (χ2n) is 8.06. The Morgan fingerprint density at radius 2 is 1.82 bits per heavy atom. The Balaban J connectivity index is 1.43. The monoisotopic (exact) mass is 447 g/mol. The summed E-state index contributed by atoms with van der Waals surface area (Å²) in [6.45, 7) is 4.22. The third kappa shape index (κ3) is 4.74. The predicted octanol–water partition coefficient (Wildman–Crippen LogP) is 3.56. The van der Waals surface area contributed by atoms with Crippen LogP contribution in [0.5, 0.6) is 23.1 Å². The number of hydrogen-bond acceptors (Lipinski definition) is 6. The van der Waals surface area contributed by atoms with E-state index >= 15 is 0 Å². The highest BCUT2D eigenvalue weighted by Crippen LogP contribution is 2.36. The summed E-state index contributed by atoms with van der Waals surface area (Å²) in [5.74, 6) is 1.53. The van der Waals surface area contributed by atoms with Gasteiger partial charge < -0.3 is 24.8 Å². The first-order chi connectivity index (χ1) is 15.9. The molecule has 170 valence electrons. The van der Waals surface area contributed by atoms with Gasteiger partial charge in [0.1, 0.15) is 11.3 Å². The Hall–Kier alpha value is -4.07. The van der Waals surface area contributed by atoms with E-state index in [-0.39, 0.29) is 24.5 Å². The van der Waals surface area contributed by atoms with E-state index in [2.05, 4.69) is 15.6 Å². The standard InChI is InChI=1S/C25H25N3O5/c1-25(2,24(30)26-3)17-8-6-16(7-9-17)14-28-22(29)19-5-4-12-27-23(19)33-18-10-11-20-21(13-18)32-15-31-20/h4-13H,14-15H2,1-3H3,(H,26,30)(H,28,29). The third-order valence-electron chi connectivity index (χ3n) is 5.50. The lowest BCUT2D eigenvalue weighted by Gasteiger charge is -2.23. The lowest BCUT2D eigenvalue weighted by molar-refractivity contribution is -0.125. The number of aromatic nitrogens is 1. The predicted molar refractivity (Wildman–Crippen MR) is 122 cm³/mol. The molecule has 0 unspecified atom stereocenters. The molecule has 2 amide bonds. The number of carbonyl (C=O) groups excluding carboxylic acids is 2. The highest BCUT2D eigenvalue weighted by Gasteiger charge is 2.28. The minimum absolute atomic E-state index is 0.0601. The topological polar surface area (TPSA) is 98.8 Å². The van der Waals surface area contributed by atoms with Crippen molar-refractivity contribution in [1.29, 1.82) is 0 Å². The molecule has 8 nitrogen and oxygen atoms in total. The largest absolute Gasteiger partial charge is 0.454 e. The van der Waals surface area contributed by atoms with Gasteiger partial charge in [0.25, 0.3) is 5.91 Å². The number of fused-ring (bicyclic) bond motifs is 1. The molecule has 2 N–H and O–H groups in total. The van der Waals surface area contributed by atoms with Gasteiger partial charge in [-0.3, -0.25) is 9.59 Å². The van der Waals surface area contributed by atoms with Crippen molar-refractivity contribution >= 4 is 11.8 Å². The van der Waals surface area contributed by atoms with Gasteiger partial charge in [-0.1, -0.05) is 24.3 Å². The van der Waals surface area contributed by atoms with Crippen LogP contribution in [-0.4, -0.2) is 30.6 Å². The normalized spacial score (nSPS) is 12.2. The number of likely N-dealkylation sites (N-methyl/N-ethyl adjacent to an activating group) is 1. The van der Waals surface area contributed by atoms with E-state index in [4.69, 9.17) is 14.2 Å². The maximum absolute atomic E-state index is 12.8. The maximum atomic E-state index is 12.8. The van der Waals surface area contributed by atoms with Gasteiger partial charge >= 0.3 is 0 Å². The van der Waals surface area contributed by atoms with Crippen molar-refractivity contribution in [2.24, 2.45) is 0 Å². The van der Waals surface area contributed by atoms with Gasteiger partial charge in [0.05, 0.1) is 5.41 Å². The first kappa shape index (κ1) is 22.1. The molecule has 0 saturated heterocycles. The van der Waals surface area contributed by atoms with E-state index in [9.17, 15) is 9.59 Å². The molecule has 1 aliphatic rings. The van der Waals surface area contributed by atoms with Gasteiger partial charge in [0, 0.05) is 25.9 Å². The number of nitrogens with one attached hydrogen (secondary N) is 2. The summed E-state index contributed by atoms with van der Waals surface area (Å²) in [4.78, 5) is 29.2. The Morgan fingerprint density at radius 1 is 1.06 bits per heavy atom. The third-order valence-corrected chi connectivity index (χ3v) is 5.50. The summed E-state index contributed by atoms with van der Waals surface area (Å²) < 4.78 is 16.5. The van der Waals surface area contributed by atoms with Crippen LogP contribution >= 0.6 is 0 Å². The van der Waals surface area contributed by atoms with Gasteiger partial charge in [-0.2, -0.15) is 0 Å². The fourth-order valence-electron chi connectivity index (χ4n) is 3.46. The number of pyridine rings is 1. The van der Waals surface area contributed by atoms with E-state index in [1.54, 1.807) is 43.6 Å². The average Bonchev–Trinajstić information content (AvgIpc) is 3.30. The van der Waals surface area contributed by atoms with Crippen LogP contribution in [0.25, 0.3) is 0 Å². The van der Waals surface area contributed by atoms with Gasteiger partial charge in [-0.05, 0) is 49.2 Å². The molecule has 8 heteroatoms. The smallest absolute Gasteiger partial charge is 0.257 e. The van der Waals surface area contributed by atoms with Crippen molar-refractivity contribution in [3.63, 3.8) is 0 Å². The molecule has 0 saturated carbocycles. The average molecular weight is 447 g/mol. The molecule has 0 radical (unpaired) electrons. The van der Waals surface area contributed by atoms with Crippen molar-refractivity contribution in [3.8, 4) is 23.1 Å². The summed E-state index contributed by atoms with van der Waals surface area (Å²) in [5, 5.41) is 5.58. The fourth-order valence-corrected chi connectivity index (χ4v) is 3.46. The SMILES string of the molecule is CNC(=O)C(C)(C)c1ccc(CNC(=O)c2cccnc2Oc2ccc3c(c2)OCO3)cc1. The minimum atomic E-state index is -0.646. The molecule has 2 heterocycles. The van der Waals surface area contributed by atoms with Gasteiger partial charge in [0.15, 0.2) is 11.5 Å². The number of carbonyl (C=O) groups is 2. The van der Waals surface area contributed by atoms with Crippen molar-refractivity contribution in [1.82, 2.24) is 15.6 Å². The molecule has 4 rings (SSSR count). The summed E-state index contributed by atoms with van der Waals surface area (Å²) in [7, 11) is 1.62. The molecule has 33 heavy (non-hydrogen) atoms. The zero-order valence-electron chi connectivity index (χ0n) is 18.7. The summed E-state index contributed by atoms with van der Waals surface area (Å²) in [6.07, 6.45) is 1.56. The number of benzene rings is 2. The van der Waals surface area contributed by atoms with Gasteiger partial charge in [-0.15, -0.1) is 0 Å². The quantitative estimate of drug-likeness (QED) is 0.575. The highest BCUT2D eigenvalue weighted by molar-refractivity contribution is 5.96. The Labute approximate surface area is 191 Å². The van der Waals surface area contributed by atoms with Crippen molar-refractivity contribution in [2.45, 2.75) is 25.8 Å². The van der Waals surface area contributed by atoms with Crippen LogP contribution in [-0.2, 0) is 16.8 Å². The summed E-state index contributed by atoms with van der Waals surface area (Å²) >= 11 is 0. The van der Waals surface area contributed by atoms with Crippen LogP contribution < -0.4 is 24.8 Å². The van der Waals surface area contributed by atoms with Crippen LogP contribution in [0.15, 0.2) is 60.8 Å². The first-order valence-corrected chi connectivity index (χ1v) is 10.5. The molecule has 0 bridgehead atoms. The van der Waals surface area contributed by atoms with E-state index in [0.717, 1.165) is 11.1 Å². The van der Waals surface area contributed by atoms with Crippen LogP contribution in [0.1, 0.15) is 35.3 Å². The molecular formula is C25H25N3O5. The van der Waals surface area contributed by atoms with E-state index in [0.29, 0.717) is 29.4 Å². The number of ether oxygens (including phenoxy) is 3. The molecule has 0 fully saturated rings. The number of nitrogens with zero attached hydrogens (tertiary/aromatic N) is 1. The lowest BCUT2D eigenvalue weighted by Crippen LogP contribution is -2.37. The van der Waals surface area contributed by atoms with Crippen LogP contribution in [0.3, 0.4) is 0 Å². The highest BCUT2D eigenvalue weighted by atomic mass is 16.7. The van der Waals surface area contributed by atoms with E-state index in [1.165, 1.54) is 0 Å². The first-order valence-electron chi connectivity index (χ1n) is 10.5. The second-order valence-corrected chi connectivity index (χ2v) is 8.06. The number of amides is 2. The molecule has 0 spiro atoms. The molecular weight excluding hydrogens is 422 g/mol. The Kier molecular flexibility index (Phi) is 6.17. The fraction of sp³-hybridized carbons (Fsp3) is 0.240. The molecule has 1 aromatic heterocycles. The van der Waals surface area contributed by atoms with Crippen molar-refractivity contribution < 1.29 is 23.8 Å². The van der Waals surface area contributed by atoms with Crippen molar-refractivity contribution in [2.75, 3.05) is 13.8 Å². The Bertz CT molecular complexity index is 1170. The lowest BCUT2D eigenvalue weighted by atomic mass is 9.83. The second kappa shape index (κ2) is 9.20. The maximum Gasteiger partial charge on any atom is 0.257 e. The van der Waals surface area contributed by atoms with E-state index < -0.39 is 5.41 Å². The molecule has 0 atom stereocenters. The zero-order chi connectivity index (χ0) is 23.4. The Morgan fingerprint density at radius 3 is 2.58 bits per heavy atom. The van der Waals surface area contributed by atoms with E-state index in [1.807, 2.05) is 38.1 Å². The molecule has 0 aliphatic carbocycles. The zero-order valence-corrected chi connectivity index (χ0v) is 18.7. The minimum Gasteiger partial charge on any atom is -0.454 e. The number of rotatable bonds is 7. The molecule has 3 aromatic rings. The van der Waals surface area contributed by atoms with Gasteiger partial charge in [0.2, 0.25) is 18.6 Å². The van der Waals surface area contributed by atoms with Crippen LogP contribution in [0.4, 0.5) is 0 Å². The molecule has 2 aromatic carbocycles. The van der Waals surface area contributed by atoms with Gasteiger partial charge in [-0.25, -0.2) is 4.98 Å². The summed E-state index contributed by atoms with van der Waals surface area (Å²) in [5.41, 5.74) is 1.46. The molecule has 1 aliphatic heterocycles. The van der Waals surface area contributed by atoms with Crippen LogP contribution in [0.2, 0.25) is 0 Å². The number of hydrogen-bond donors (Lipinski definition) is 2. The van der Waals surface area contributed by atoms with Crippen molar-refractivity contribution in [3.05, 3.63) is 77.5 Å².